The number of nitrogens with one attached hydrogen (secondary N) is 1. The summed E-state index contributed by atoms with van der Waals surface area (Å²) >= 11 is 6.16. The lowest BCUT2D eigenvalue weighted by atomic mass is 10.0. The zero-order valence-corrected chi connectivity index (χ0v) is 18.1. The largest absolute Gasteiger partial charge is 0.300 e. The number of carbonyl (C=O) groups is 1. The Balaban J connectivity index is 2.04. The van der Waals surface area contributed by atoms with Crippen LogP contribution in [0.15, 0.2) is 47.6 Å². The van der Waals surface area contributed by atoms with Crippen molar-refractivity contribution in [1.82, 2.24) is 9.97 Å². The van der Waals surface area contributed by atoms with Crippen LogP contribution in [-0.2, 0) is 21.2 Å². The molecule has 0 saturated carbocycles. The van der Waals surface area contributed by atoms with Crippen LogP contribution in [0.1, 0.15) is 23.7 Å². The molecule has 0 aliphatic carbocycles. The summed E-state index contributed by atoms with van der Waals surface area (Å²) in [5.74, 6) is -0.887. The molecule has 0 atom stereocenters. The summed E-state index contributed by atoms with van der Waals surface area (Å²) in [5.41, 5.74) is 3.05. The van der Waals surface area contributed by atoms with Crippen LogP contribution < -0.4 is 4.72 Å². The summed E-state index contributed by atoms with van der Waals surface area (Å²) in [6.45, 7) is 4.81. The molecule has 6 nitrogen and oxygen atoms in total. The van der Waals surface area contributed by atoms with Gasteiger partial charge in [-0.1, -0.05) is 17.7 Å². The average molecular weight is 448 g/mol. The first-order chi connectivity index (χ1) is 14.1. The molecular weight excluding hydrogens is 429 g/mol. The Labute approximate surface area is 179 Å². The van der Waals surface area contributed by atoms with Crippen LogP contribution in [0, 0.1) is 19.7 Å². The number of rotatable bonds is 6. The van der Waals surface area contributed by atoms with E-state index < -0.39 is 20.7 Å². The van der Waals surface area contributed by atoms with Crippen molar-refractivity contribution in [3.05, 3.63) is 70.5 Å². The predicted octanol–water partition coefficient (Wildman–Crippen LogP) is 4.49. The van der Waals surface area contributed by atoms with E-state index in [-0.39, 0.29) is 23.0 Å². The molecule has 0 spiro atoms. The maximum Gasteiger partial charge on any atom is 0.264 e. The number of sulfonamides is 1. The van der Waals surface area contributed by atoms with Crippen molar-refractivity contribution in [1.29, 1.82) is 0 Å². The summed E-state index contributed by atoms with van der Waals surface area (Å²) < 4.78 is 42.1. The van der Waals surface area contributed by atoms with Gasteiger partial charge >= 0.3 is 0 Å². The number of hydrogen-bond donors (Lipinski definition) is 1. The highest BCUT2D eigenvalue weighted by atomic mass is 35.5. The van der Waals surface area contributed by atoms with E-state index in [1.807, 2.05) is 0 Å². The summed E-state index contributed by atoms with van der Waals surface area (Å²) in [5, 5.41) is -0.0645. The van der Waals surface area contributed by atoms with Crippen molar-refractivity contribution in [3.8, 4) is 11.1 Å². The van der Waals surface area contributed by atoms with Crippen LogP contribution in [0.25, 0.3) is 11.1 Å². The standard InChI is InChI=1S/C21H19ClFN3O3S/c1-12-4-5-19(18(23)8-12)30(28,29)26-20-14(3)17(11-25-21(20)22)15-6-7-24-16(10-15)9-13(2)27/h4-8,10-11,26H,9H2,1-3H3. The molecule has 0 unspecified atom stereocenters. The van der Waals surface area contributed by atoms with Gasteiger partial charge in [0.1, 0.15) is 16.5 Å². The summed E-state index contributed by atoms with van der Waals surface area (Å²) in [6, 6.07) is 7.31. The maximum absolute atomic E-state index is 14.2. The fourth-order valence-corrected chi connectivity index (χ4v) is 4.48. The second kappa shape index (κ2) is 8.49. The number of ketones is 1. The number of anilines is 1. The number of pyridine rings is 2. The molecule has 0 bridgehead atoms. The summed E-state index contributed by atoms with van der Waals surface area (Å²) in [4.78, 5) is 19.2. The fourth-order valence-electron chi connectivity index (χ4n) is 2.99. The van der Waals surface area contributed by atoms with Crippen molar-refractivity contribution in [2.45, 2.75) is 32.1 Å². The van der Waals surface area contributed by atoms with Crippen LogP contribution in [0.4, 0.5) is 10.1 Å². The SMILES string of the molecule is CC(=O)Cc1cc(-c2cnc(Cl)c(NS(=O)(=O)c3ccc(C)cc3F)c2C)ccn1. The first-order valence-corrected chi connectivity index (χ1v) is 10.8. The van der Waals surface area contributed by atoms with Crippen molar-refractivity contribution >= 4 is 33.1 Å². The van der Waals surface area contributed by atoms with E-state index in [2.05, 4.69) is 14.7 Å². The fraction of sp³-hybridized carbons (Fsp3) is 0.190. The second-order valence-corrected chi connectivity index (χ2v) is 8.93. The third-order valence-electron chi connectivity index (χ3n) is 4.46. The van der Waals surface area contributed by atoms with E-state index in [0.717, 1.165) is 6.07 Å². The third kappa shape index (κ3) is 4.66. The molecule has 3 aromatic rings. The van der Waals surface area contributed by atoms with Gasteiger partial charge in [0.05, 0.1) is 5.69 Å². The first-order valence-electron chi connectivity index (χ1n) is 8.97. The van der Waals surface area contributed by atoms with Crippen molar-refractivity contribution in [2.75, 3.05) is 4.72 Å². The Morgan fingerprint density at radius 1 is 1.17 bits per heavy atom. The molecule has 0 aliphatic heterocycles. The van der Waals surface area contributed by atoms with Gasteiger partial charge in [-0.2, -0.15) is 0 Å². The number of carbonyl (C=O) groups excluding carboxylic acids is 1. The zero-order valence-electron chi connectivity index (χ0n) is 16.5. The van der Waals surface area contributed by atoms with Crippen LogP contribution >= 0.6 is 11.6 Å². The molecule has 0 fully saturated rings. The minimum absolute atomic E-state index is 0.0285. The van der Waals surface area contributed by atoms with Gasteiger partial charge in [0.15, 0.2) is 5.15 Å². The smallest absolute Gasteiger partial charge is 0.264 e. The highest BCUT2D eigenvalue weighted by Crippen LogP contribution is 2.34. The number of hydrogen-bond acceptors (Lipinski definition) is 5. The molecule has 0 aliphatic rings. The minimum Gasteiger partial charge on any atom is -0.300 e. The van der Waals surface area contributed by atoms with Gasteiger partial charge in [-0.05, 0) is 61.7 Å². The van der Waals surface area contributed by atoms with E-state index in [0.29, 0.717) is 27.9 Å². The Morgan fingerprint density at radius 3 is 2.57 bits per heavy atom. The average Bonchev–Trinajstić information content (AvgIpc) is 2.64. The molecular formula is C21H19ClFN3O3S. The predicted molar refractivity (Wildman–Crippen MR) is 114 cm³/mol. The topological polar surface area (TPSA) is 89.0 Å². The highest BCUT2D eigenvalue weighted by Gasteiger charge is 2.23. The molecule has 0 radical (unpaired) electrons. The third-order valence-corrected chi connectivity index (χ3v) is 6.13. The van der Waals surface area contributed by atoms with E-state index in [9.17, 15) is 17.6 Å². The molecule has 2 heterocycles. The van der Waals surface area contributed by atoms with Gasteiger partial charge in [0.2, 0.25) is 0 Å². The monoisotopic (exact) mass is 447 g/mol. The molecule has 1 N–H and O–H groups in total. The molecule has 156 valence electrons. The van der Waals surface area contributed by atoms with E-state index >= 15 is 0 Å². The lowest BCUT2D eigenvalue weighted by Crippen LogP contribution is -2.16. The Hall–Kier alpha value is -2.84. The van der Waals surface area contributed by atoms with Crippen molar-refractivity contribution in [2.24, 2.45) is 0 Å². The summed E-state index contributed by atoms with van der Waals surface area (Å²) in [7, 11) is -4.24. The molecule has 0 amide bonds. The van der Waals surface area contributed by atoms with Crippen molar-refractivity contribution < 1.29 is 17.6 Å². The molecule has 2 aromatic heterocycles. The van der Waals surface area contributed by atoms with Crippen LogP contribution in [-0.4, -0.2) is 24.2 Å². The van der Waals surface area contributed by atoms with Gasteiger partial charge in [-0.25, -0.2) is 17.8 Å². The van der Waals surface area contributed by atoms with Crippen LogP contribution in [0.5, 0.6) is 0 Å². The van der Waals surface area contributed by atoms with Gasteiger partial charge in [-0.15, -0.1) is 0 Å². The van der Waals surface area contributed by atoms with Gasteiger partial charge in [-0.3, -0.25) is 14.5 Å². The van der Waals surface area contributed by atoms with E-state index in [1.54, 1.807) is 32.2 Å². The van der Waals surface area contributed by atoms with Crippen molar-refractivity contribution in [3.63, 3.8) is 0 Å². The number of aryl methyl sites for hydroxylation is 1. The molecule has 0 saturated heterocycles. The second-order valence-electron chi connectivity index (χ2n) is 6.92. The summed E-state index contributed by atoms with van der Waals surface area (Å²) in [6.07, 6.45) is 3.25. The zero-order chi connectivity index (χ0) is 22.1. The maximum atomic E-state index is 14.2. The van der Waals surface area contributed by atoms with E-state index in [4.69, 9.17) is 11.6 Å². The quantitative estimate of drug-likeness (QED) is 0.562. The minimum atomic E-state index is -4.24. The van der Waals surface area contributed by atoms with Gasteiger partial charge < -0.3 is 0 Å². The number of nitrogens with zero attached hydrogens (tertiary/aromatic N) is 2. The number of benzene rings is 1. The van der Waals surface area contributed by atoms with Crippen LogP contribution in [0.3, 0.4) is 0 Å². The Kier molecular flexibility index (Phi) is 6.19. The molecule has 1 aromatic carbocycles. The van der Waals surface area contributed by atoms with Gasteiger partial charge in [0.25, 0.3) is 10.0 Å². The van der Waals surface area contributed by atoms with Gasteiger partial charge in [0, 0.05) is 30.1 Å². The number of aromatic nitrogens is 2. The Morgan fingerprint density at radius 2 is 1.90 bits per heavy atom. The van der Waals surface area contributed by atoms with Crippen LogP contribution in [0.2, 0.25) is 5.15 Å². The molecule has 3 rings (SSSR count). The molecule has 9 heteroatoms. The van der Waals surface area contributed by atoms with E-state index in [1.165, 1.54) is 25.3 Å². The molecule has 30 heavy (non-hydrogen) atoms. The lowest BCUT2D eigenvalue weighted by Gasteiger charge is -2.16. The normalized spacial score (nSPS) is 11.4. The number of halogens is 2. The first kappa shape index (κ1) is 21.9. The Bertz CT molecular complexity index is 1250. The highest BCUT2D eigenvalue weighted by molar-refractivity contribution is 7.92. The number of Topliss-reactive ketones (excluding diaryl/α,β-unsaturated/α-hetero) is 1. The lowest BCUT2D eigenvalue weighted by molar-refractivity contribution is -0.116.